The van der Waals surface area contributed by atoms with Gasteiger partial charge in [0.05, 0.1) is 17.7 Å². The molecule has 0 saturated carbocycles. The molecule has 3 rings (SSSR count). The Balaban J connectivity index is 1.93. The molecule has 0 saturated heterocycles. The SMILES string of the molecule is COc1ccc(NS(=O)(=O)c2ccc(C(C)C)cc2)c2c1CC(N(C)C)CC2. The number of hydrogen-bond acceptors (Lipinski definition) is 4. The van der Waals surface area contributed by atoms with Crippen molar-refractivity contribution in [1.82, 2.24) is 4.90 Å². The summed E-state index contributed by atoms with van der Waals surface area (Å²) in [5.74, 6) is 1.19. The summed E-state index contributed by atoms with van der Waals surface area (Å²) < 4.78 is 34.3. The molecule has 0 radical (unpaired) electrons. The van der Waals surface area contributed by atoms with E-state index in [0.29, 0.717) is 17.6 Å². The number of anilines is 1. The molecule has 0 spiro atoms. The van der Waals surface area contributed by atoms with Crippen molar-refractivity contribution in [1.29, 1.82) is 0 Å². The van der Waals surface area contributed by atoms with Crippen molar-refractivity contribution >= 4 is 15.7 Å². The Kier molecular flexibility index (Phi) is 6.01. The molecule has 28 heavy (non-hydrogen) atoms. The van der Waals surface area contributed by atoms with Crippen molar-refractivity contribution in [3.05, 3.63) is 53.1 Å². The fourth-order valence-corrected chi connectivity index (χ4v) is 4.89. The molecule has 0 fully saturated rings. The van der Waals surface area contributed by atoms with Gasteiger partial charge in [-0.05, 0) is 74.7 Å². The van der Waals surface area contributed by atoms with Crippen LogP contribution in [0.5, 0.6) is 5.75 Å². The van der Waals surface area contributed by atoms with Gasteiger partial charge in [-0.2, -0.15) is 0 Å². The minimum absolute atomic E-state index is 0.281. The molecule has 5 nitrogen and oxygen atoms in total. The van der Waals surface area contributed by atoms with Crippen molar-refractivity contribution < 1.29 is 13.2 Å². The van der Waals surface area contributed by atoms with Gasteiger partial charge >= 0.3 is 0 Å². The topological polar surface area (TPSA) is 58.6 Å². The molecule has 1 unspecified atom stereocenters. The van der Waals surface area contributed by atoms with Crippen LogP contribution in [-0.2, 0) is 22.9 Å². The number of hydrogen-bond donors (Lipinski definition) is 1. The highest BCUT2D eigenvalue weighted by Crippen LogP contribution is 2.36. The van der Waals surface area contributed by atoms with Crippen molar-refractivity contribution in [3.63, 3.8) is 0 Å². The molecule has 152 valence electrons. The highest BCUT2D eigenvalue weighted by Gasteiger charge is 2.27. The molecule has 0 aromatic heterocycles. The van der Waals surface area contributed by atoms with E-state index in [4.69, 9.17) is 4.74 Å². The predicted octanol–water partition coefficient (Wildman–Crippen LogP) is 4.04. The summed E-state index contributed by atoms with van der Waals surface area (Å²) in [6.07, 6.45) is 2.66. The molecule has 0 aliphatic heterocycles. The number of rotatable bonds is 6. The third-order valence-electron chi connectivity index (χ3n) is 5.61. The van der Waals surface area contributed by atoms with Gasteiger partial charge in [-0.3, -0.25) is 4.72 Å². The van der Waals surface area contributed by atoms with Crippen molar-refractivity contribution in [2.45, 2.75) is 50.0 Å². The summed E-state index contributed by atoms with van der Waals surface area (Å²) in [5.41, 5.74) is 3.92. The predicted molar refractivity (Wildman–Crippen MR) is 114 cm³/mol. The molecule has 1 N–H and O–H groups in total. The molecule has 0 heterocycles. The Morgan fingerprint density at radius 1 is 1.07 bits per heavy atom. The first kappa shape index (κ1) is 20.7. The number of ether oxygens (including phenoxy) is 1. The van der Waals surface area contributed by atoms with Crippen LogP contribution >= 0.6 is 0 Å². The lowest BCUT2D eigenvalue weighted by atomic mass is 9.86. The molecule has 0 bridgehead atoms. The van der Waals surface area contributed by atoms with Gasteiger partial charge in [0, 0.05) is 11.6 Å². The van der Waals surface area contributed by atoms with Crippen LogP contribution < -0.4 is 9.46 Å². The Labute approximate surface area is 168 Å². The zero-order chi connectivity index (χ0) is 20.5. The van der Waals surface area contributed by atoms with Crippen molar-refractivity contribution in [2.75, 3.05) is 25.9 Å². The Bertz CT molecular complexity index is 935. The molecule has 1 aliphatic rings. The van der Waals surface area contributed by atoms with E-state index in [1.807, 2.05) is 24.3 Å². The molecular formula is C22H30N2O3S. The van der Waals surface area contributed by atoms with Crippen LogP contribution in [0.1, 0.15) is 42.9 Å². The molecule has 0 amide bonds. The van der Waals surface area contributed by atoms with E-state index in [2.05, 4.69) is 37.6 Å². The largest absolute Gasteiger partial charge is 0.496 e. The second kappa shape index (κ2) is 8.13. The zero-order valence-electron chi connectivity index (χ0n) is 17.3. The maximum absolute atomic E-state index is 12.9. The molecule has 6 heteroatoms. The van der Waals surface area contributed by atoms with Crippen LogP contribution in [0.2, 0.25) is 0 Å². The van der Waals surface area contributed by atoms with Crippen LogP contribution in [0.4, 0.5) is 5.69 Å². The normalized spacial score (nSPS) is 16.9. The second-order valence-electron chi connectivity index (χ2n) is 7.96. The van der Waals surface area contributed by atoms with E-state index in [0.717, 1.165) is 41.7 Å². The van der Waals surface area contributed by atoms with E-state index >= 15 is 0 Å². The highest BCUT2D eigenvalue weighted by molar-refractivity contribution is 7.92. The quantitative estimate of drug-likeness (QED) is 0.792. The van der Waals surface area contributed by atoms with E-state index < -0.39 is 10.0 Å². The second-order valence-corrected chi connectivity index (χ2v) is 9.64. The van der Waals surface area contributed by atoms with Crippen LogP contribution in [0, 0.1) is 0 Å². The van der Waals surface area contributed by atoms with Gasteiger partial charge in [0.1, 0.15) is 5.75 Å². The lowest BCUT2D eigenvalue weighted by Crippen LogP contribution is -2.34. The molecule has 2 aromatic rings. The maximum atomic E-state index is 12.9. The van der Waals surface area contributed by atoms with Crippen LogP contribution in [0.15, 0.2) is 41.3 Å². The number of sulfonamides is 1. The molecule has 1 aliphatic carbocycles. The number of likely N-dealkylation sites (N-methyl/N-ethyl adjacent to an activating group) is 1. The standard InChI is InChI=1S/C22H30N2O3S/c1-15(2)16-6-9-18(10-7-16)28(25,26)23-21-12-13-22(27-5)20-14-17(24(3)4)8-11-19(20)21/h6-7,9-10,12-13,15,17,23H,8,11,14H2,1-5H3. The summed E-state index contributed by atoms with van der Waals surface area (Å²) >= 11 is 0. The van der Waals surface area contributed by atoms with Gasteiger partial charge in [0.15, 0.2) is 0 Å². The first-order chi connectivity index (χ1) is 13.2. The summed E-state index contributed by atoms with van der Waals surface area (Å²) in [5, 5.41) is 0. The van der Waals surface area contributed by atoms with Crippen LogP contribution in [0.3, 0.4) is 0 Å². The fourth-order valence-electron chi connectivity index (χ4n) is 3.79. The minimum Gasteiger partial charge on any atom is -0.496 e. The number of fused-ring (bicyclic) bond motifs is 1. The highest BCUT2D eigenvalue weighted by atomic mass is 32.2. The lowest BCUT2D eigenvalue weighted by molar-refractivity contribution is 0.265. The van der Waals surface area contributed by atoms with Gasteiger partial charge in [-0.25, -0.2) is 8.42 Å². The lowest BCUT2D eigenvalue weighted by Gasteiger charge is -2.32. The monoisotopic (exact) mass is 402 g/mol. The summed E-state index contributed by atoms with van der Waals surface area (Å²) in [4.78, 5) is 2.50. The van der Waals surface area contributed by atoms with E-state index in [1.165, 1.54) is 0 Å². The first-order valence-corrected chi connectivity index (χ1v) is 11.2. The summed E-state index contributed by atoms with van der Waals surface area (Å²) in [6, 6.07) is 11.2. The number of methoxy groups -OCH3 is 1. The number of benzene rings is 2. The maximum Gasteiger partial charge on any atom is 0.261 e. The smallest absolute Gasteiger partial charge is 0.261 e. The summed E-state index contributed by atoms with van der Waals surface area (Å²) in [7, 11) is 2.18. The molecular weight excluding hydrogens is 372 g/mol. The summed E-state index contributed by atoms with van der Waals surface area (Å²) in [6.45, 7) is 4.18. The van der Waals surface area contributed by atoms with Crippen LogP contribution in [0.25, 0.3) is 0 Å². The molecule has 2 aromatic carbocycles. The minimum atomic E-state index is -3.64. The van der Waals surface area contributed by atoms with E-state index in [9.17, 15) is 8.42 Å². The Morgan fingerprint density at radius 2 is 1.75 bits per heavy atom. The third kappa shape index (κ3) is 4.18. The van der Waals surface area contributed by atoms with Gasteiger partial charge in [0.25, 0.3) is 10.0 Å². The van der Waals surface area contributed by atoms with E-state index in [-0.39, 0.29) is 4.90 Å². The number of nitrogens with zero attached hydrogens (tertiary/aromatic N) is 1. The van der Waals surface area contributed by atoms with Gasteiger partial charge in [0.2, 0.25) is 0 Å². The van der Waals surface area contributed by atoms with Crippen molar-refractivity contribution in [3.8, 4) is 5.75 Å². The van der Waals surface area contributed by atoms with Crippen LogP contribution in [-0.4, -0.2) is 40.6 Å². The van der Waals surface area contributed by atoms with Gasteiger partial charge < -0.3 is 9.64 Å². The average Bonchev–Trinajstić information content (AvgIpc) is 2.67. The zero-order valence-corrected chi connectivity index (χ0v) is 18.1. The van der Waals surface area contributed by atoms with Gasteiger partial charge in [-0.1, -0.05) is 26.0 Å². The average molecular weight is 403 g/mol. The molecule has 1 atom stereocenters. The Morgan fingerprint density at radius 3 is 2.32 bits per heavy atom. The van der Waals surface area contributed by atoms with Crippen molar-refractivity contribution in [2.24, 2.45) is 0 Å². The first-order valence-electron chi connectivity index (χ1n) is 9.71. The fraction of sp³-hybridized carbons (Fsp3) is 0.455. The third-order valence-corrected chi connectivity index (χ3v) is 6.99. The number of nitrogens with one attached hydrogen (secondary N) is 1. The van der Waals surface area contributed by atoms with Gasteiger partial charge in [-0.15, -0.1) is 0 Å². The Hall–Kier alpha value is -2.05. The van der Waals surface area contributed by atoms with E-state index in [1.54, 1.807) is 19.2 Å².